The number of carbonyl (C=O) groups is 2. The minimum atomic E-state index is -0.973. The van der Waals surface area contributed by atoms with E-state index in [1.54, 1.807) is 24.3 Å². The Morgan fingerprint density at radius 1 is 1.04 bits per heavy atom. The molecular weight excluding hydrogens is 344 g/mol. The van der Waals surface area contributed by atoms with Crippen molar-refractivity contribution >= 4 is 34.3 Å². The lowest BCUT2D eigenvalue weighted by atomic mass is 10.2. The van der Waals surface area contributed by atoms with Crippen molar-refractivity contribution in [2.24, 2.45) is 0 Å². The van der Waals surface area contributed by atoms with Crippen molar-refractivity contribution in [3.63, 3.8) is 0 Å². The molecular formula is C20H20N4O3. The van der Waals surface area contributed by atoms with Crippen molar-refractivity contribution in [1.82, 2.24) is 9.97 Å². The van der Waals surface area contributed by atoms with Gasteiger partial charge < -0.3 is 15.0 Å². The van der Waals surface area contributed by atoms with Gasteiger partial charge in [-0.3, -0.25) is 9.78 Å². The zero-order chi connectivity index (χ0) is 19.4. The summed E-state index contributed by atoms with van der Waals surface area (Å²) >= 11 is 0. The van der Waals surface area contributed by atoms with E-state index in [4.69, 9.17) is 4.74 Å². The summed E-state index contributed by atoms with van der Waals surface area (Å²) in [6.45, 7) is 1.51. The second-order valence-corrected chi connectivity index (χ2v) is 6.22. The van der Waals surface area contributed by atoms with Crippen LogP contribution in [0.15, 0.2) is 54.7 Å². The van der Waals surface area contributed by atoms with Crippen molar-refractivity contribution in [3.8, 4) is 0 Å². The van der Waals surface area contributed by atoms with Crippen molar-refractivity contribution < 1.29 is 14.3 Å². The van der Waals surface area contributed by atoms with Gasteiger partial charge in [-0.25, -0.2) is 9.78 Å². The Labute approximate surface area is 157 Å². The van der Waals surface area contributed by atoms with Gasteiger partial charge in [0, 0.05) is 25.5 Å². The zero-order valence-electron chi connectivity index (χ0n) is 15.3. The molecule has 1 unspecified atom stereocenters. The van der Waals surface area contributed by atoms with Gasteiger partial charge in [0.05, 0.1) is 17.2 Å². The van der Waals surface area contributed by atoms with Crippen LogP contribution in [-0.2, 0) is 9.53 Å². The number of aromatic nitrogens is 2. The number of hydrogen-bond acceptors (Lipinski definition) is 6. The summed E-state index contributed by atoms with van der Waals surface area (Å²) in [5.74, 6) is -1.12. The van der Waals surface area contributed by atoms with Crippen LogP contribution in [0.25, 0.3) is 11.0 Å². The minimum absolute atomic E-state index is 0.0590. The van der Waals surface area contributed by atoms with Gasteiger partial charge in [-0.1, -0.05) is 12.1 Å². The molecule has 138 valence electrons. The fourth-order valence-electron chi connectivity index (χ4n) is 2.42. The first-order valence-corrected chi connectivity index (χ1v) is 8.45. The number of esters is 1. The van der Waals surface area contributed by atoms with E-state index in [0.29, 0.717) is 16.7 Å². The predicted octanol–water partition coefficient (Wildman–Crippen LogP) is 2.88. The van der Waals surface area contributed by atoms with Crippen LogP contribution in [0.3, 0.4) is 0 Å². The van der Waals surface area contributed by atoms with E-state index in [0.717, 1.165) is 5.69 Å². The van der Waals surface area contributed by atoms with Gasteiger partial charge in [0.2, 0.25) is 0 Å². The number of nitrogens with one attached hydrogen (secondary N) is 1. The summed E-state index contributed by atoms with van der Waals surface area (Å²) in [5, 5.41) is 2.72. The van der Waals surface area contributed by atoms with Gasteiger partial charge >= 0.3 is 5.97 Å². The monoisotopic (exact) mass is 364 g/mol. The molecule has 2 aromatic carbocycles. The molecule has 0 aliphatic carbocycles. The summed E-state index contributed by atoms with van der Waals surface area (Å²) in [6.07, 6.45) is 0.370. The maximum atomic E-state index is 12.3. The van der Waals surface area contributed by atoms with Crippen molar-refractivity contribution in [2.45, 2.75) is 13.0 Å². The molecule has 1 heterocycles. The number of nitrogens with zero attached hydrogens (tertiary/aromatic N) is 3. The van der Waals surface area contributed by atoms with Crippen LogP contribution >= 0.6 is 0 Å². The zero-order valence-corrected chi connectivity index (χ0v) is 15.3. The number of rotatable bonds is 5. The van der Waals surface area contributed by atoms with E-state index in [1.165, 1.54) is 13.1 Å². The van der Waals surface area contributed by atoms with E-state index >= 15 is 0 Å². The Morgan fingerprint density at radius 3 is 2.37 bits per heavy atom. The molecule has 7 heteroatoms. The molecule has 0 spiro atoms. The van der Waals surface area contributed by atoms with Gasteiger partial charge in [0.25, 0.3) is 5.91 Å². The minimum Gasteiger partial charge on any atom is -0.448 e. The molecule has 0 saturated carbocycles. The Morgan fingerprint density at radius 2 is 1.70 bits per heavy atom. The SMILES string of the molecule is CC(OC(=O)c1cnc2ccccc2n1)C(=O)Nc1ccc(N(C)C)cc1. The molecule has 3 aromatic rings. The van der Waals surface area contributed by atoms with E-state index < -0.39 is 18.0 Å². The highest BCUT2D eigenvalue weighted by molar-refractivity contribution is 5.97. The summed E-state index contributed by atoms with van der Waals surface area (Å²) in [5.41, 5.74) is 2.97. The van der Waals surface area contributed by atoms with E-state index in [1.807, 2.05) is 43.3 Å². The number of benzene rings is 2. The fraction of sp³-hybridized carbons (Fsp3) is 0.200. The molecule has 0 fully saturated rings. The smallest absolute Gasteiger partial charge is 0.359 e. The summed E-state index contributed by atoms with van der Waals surface area (Å²) < 4.78 is 5.22. The molecule has 0 radical (unpaired) electrons. The number of ether oxygens (including phenoxy) is 1. The molecule has 3 rings (SSSR count). The molecule has 7 nitrogen and oxygen atoms in total. The lowest BCUT2D eigenvalue weighted by molar-refractivity contribution is -0.123. The topological polar surface area (TPSA) is 84.4 Å². The van der Waals surface area contributed by atoms with Crippen LogP contribution in [0, 0.1) is 0 Å². The number of carbonyl (C=O) groups excluding carboxylic acids is 2. The van der Waals surface area contributed by atoms with Crippen LogP contribution in [0.4, 0.5) is 11.4 Å². The first kappa shape index (κ1) is 18.3. The molecule has 1 atom stereocenters. The normalized spacial score (nSPS) is 11.7. The van der Waals surface area contributed by atoms with Crippen molar-refractivity contribution in [1.29, 1.82) is 0 Å². The molecule has 1 N–H and O–H groups in total. The molecule has 0 aliphatic heterocycles. The van der Waals surface area contributed by atoms with Gasteiger partial charge in [0.1, 0.15) is 0 Å². The van der Waals surface area contributed by atoms with Gasteiger partial charge in [-0.2, -0.15) is 0 Å². The Balaban J connectivity index is 1.63. The first-order valence-electron chi connectivity index (χ1n) is 8.45. The van der Waals surface area contributed by atoms with E-state index in [9.17, 15) is 9.59 Å². The largest absolute Gasteiger partial charge is 0.448 e. The number of anilines is 2. The van der Waals surface area contributed by atoms with Crippen LogP contribution in [-0.4, -0.2) is 42.0 Å². The molecule has 0 bridgehead atoms. The summed E-state index contributed by atoms with van der Waals surface area (Å²) in [6, 6.07) is 14.6. The van der Waals surface area contributed by atoms with E-state index in [-0.39, 0.29) is 5.69 Å². The highest BCUT2D eigenvalue weighted by atomic mass is 16.5. The molecule has 1 amide bonds. The number of para-hydroxylation sites is 2. The highest BCUT2D eigenvalue weighted by Crippen LogP contribution is 2.16. The quantitative estimate of drug-likeness (QED) is 0.701. The Hall–Kier alpha value is -3.48. The van der Waals surface area contributed by atoms with Crippen LogP contribution in [0.1, 0.15) is 17.4 Å². The number of hydrogen-bond donors (Lipinski definition) is 1. The fourth-order valence-corrected chi connectivity index (χ4v) is 2.42. The summed E-state index contributed by atoms with van der Waals surface area (Å²) in [4.78, 5) is 34.9. The van der Waals surface area contributed by atoms with Crippen LogP contribution in [0.5, 0.6) is 0 Å². The second kappa shape index (κ2) is 7.82. The standard InChI is InChI=1S/C20H20N4O3/c1-13(19(25)22-14-8-10-15(11-9-14)24(2)3)27-20(26)18-12-21-16-6-4-5-7-17(16)23-18/h4-13H,1-3H3,(H,22,25). The van der Waals surface area contributed by atoms with Crippen LogP contribution < -0.4 is 10.2 Å². The number of amides is 1. The molecule has 1 aromatic heterocycles. The maximum Gasteiger partial charge on any atom is 0.359 e. The third kappa shape index (κ3) is 4.38. The third-order valence-electron chi connectivity index (χ3n) is 3.96. The van der Waals surface area contributed by atoms with Crippen LogP contribution in [0.2, 0.25) is 0 Å². The number of fused-ring (bicyclic) bond motifs is 1. The lowest BCUT2D eigenvalue weighted by Gasteiger charge is -2.15. The van der Waals surface area contributed by atoms with Gasteiger partial charge in [0.15, 0.2) is 11.8 Å². The average Bonchev–Trinajstić information content (AvgIpc) is 2.67. The lowest BCUT2D eigenvalue weighted by Crippen LogP contribution is -2.30. The maximum absolute atomic E-state index is 12.3. The second-order valence-electron chi connectivity index (χ2n) is 6.22. The predicted molar refractivity (Wildman–Crippen MR) is 104 cm³/mol. The third-order valence-corrected chi connectivity index (χ3v) is 3.96. The first-order chi connectivity index (χ1) is 12.9. The van der Waals surface area contributed by atoms with Gasteiger partial charge in [-0.15, -0.1) is 0 Å². The summed E-state index contributed by atoms with van der Waals surface area (Å²) in [7, 11) is 3.87. The van der Waals surface area contributed by atoms with Crippen molar-refractivity contribution in [2.75, 3.05) is 24.3 Å². The van der Waals surface area contributed by atoms with Crippen molar-refractivity contribution in [3.05, 3.63) is 60.4 Å². The van der Waals surface area contributed by atoms with E-state index in [2.05, 4.69) is 15.3 Å². The Bertz CT molecular complexity index is 970. The highest BCUT2D eigenvalue weighted by Gasteiger charge is 2.20. The molecule has 0 aliphatic rings. The average molecular weight is 364 g/mol. The molecule has 27 heavy (non-hydrogen) atoms. The Kier molecular flexibility index (Phi) is 5.30. The van der Waals surface area contributed by atoms with Gasteiger partial charge in [-0.05, 0) is 43.3 Å². The molecule has 0 saturated heterocycles.